The van der Waals surface area contributed by atoms with Gasteiger partial charge in [0.2, 0.25) is 22.0 Å². The maximum absolute atomic E-state index is 13.1. The summed E-state index contributed by atoms with van der Waals surface area (Å²) in [6.45, 7) is 0.366. The Kier molecular flexibility index (Phi) is 8.02. The summed E-state index contributed by atoms with van der Waals surface area (Å²) in [5.41, 5.74) is 2.49. The number of ether oxygens (including phenoxy) is 2. The number of amides is 1. The lowest BCUT2D eigenvalue weighted by atomic mass is 10.1. The number of rotatable bonds is 9. The van der Waals surface area contributed by atoms with E-state index in [-0.39, 0.29) is 23.8 Å². The van der Waals surface area contributed by atoms with Crippen molar-refractivity contribution < 1.29 is 27.5 Å². The molecule has 9 heteroatoms. The van der Waals surface area contributed by atoms with Crippen LogP contribution >= 0.6 is 0 Å². The number of hydrogen-bond acceptors (Lipinski definition) is 6. The summed E-state index contributed by atoms with van der Waals surface area (Å²) >= 11 is 0. The van der Waals surface area contributed by atoms with Crippen LogP contribution in [0.15, 0.2) is 83.8 Å². The lowest BCUT2D eigenvalue weighted by Crippen LogP contribution is -2.47. The second kappa shape index (κ2) is 11.4. The lowest BCUT2D eigenvalue weighted by molar-refractivity contribution is -0.148. The number of fused-ring (bicyclic) bond motifs is 1. The molecule has 0 radical (unpaired) electrons. The Morgan fingerprint density at radius 3 is 2.33 bits per heavy atom. The molecule has 1 amide bonds. The SMILES string of the molecule is COC(=O)[C@H]1CN(C(=O)CCc2ccc(S(=O)(=O)NCCc3ccccc3)cc2)c2ccccc2O1. The molecule has 1 atom stereocenters. The van der Waals surface area contributed by atoms with Crippen LogP contribution in [-0.2, 0) is 37.2 Å². The van der Waals surface area contributed by atoms with Crippen molar-refractivity contribution in [2.75, 3.05) is 25.1 Å². The number of methoxy groups -OCH3 is 1. The van der Waals surface area contributed by atoms with Gasteiger partial charge in [0.1, 0.15) is 5.75 Å². The molecule has 0 spiro atoms. The molecule has 1 aliphatic heterocycles. The molecule has 0 unspecified atom stereocenters. The summed E-state index contributed by atoms with van der Waals surface area (Å²) in [5.74, 6) is -0.266. The second-order valence-corrected chi connectivity index (χ2v) is 10.1. The number of carbonyl (C=O) groups is 2. The Balaban J connectivity index is 1.35. The molecule has 3 aromatic carbocycles. The molecule has 0 saturated heterocycles. The van der Waals surface area contributed by atoms with Crippen molar-refractivity contribution in [3.05, 3.63) is 90.0 Å². The van der Waals surface area contributed by atoms with Gasteiger partial charge in [0.15, 0.2) is 0 Å². The van der Waals surface area contributed by atoms with E-state index >= 15 is 0 Å². The van der Waals surface area contributed by atoms with E-state index < -0.39 is 22.1 Å². The monoisotopic (exact) mass is 508 g/mol. The van der Waals surface area contributed by atoms with Gasteiger partial charge in [-0.25, -0.2) is 17.9 Å². The van der Waals surface area contributed by atoms with Crippen LogP contribution in [0.5, 0.6) is 5.75 Å². The molecule has 3 aromatic rings. The maximum atomic E-state index is 13.1. The van der Waals surface area contributed by atoms with E-state index in [9.17, 15) is 18.0 Å². The van der Waals surface area contributed by atoms with Crippen molar-refractivity contribution in [2.45, 2.75) is 30.3 Å². The third kappa shape index (κ3) is 6.10. The van der Waals surface area contributed by atoms with Crippen LogP contribution in [-0.4, -0.2) is 46.6 Å². The first kappa shape index (κ1) is 25.4. The third-order valence-corrected chi connectivity index (χ3v) is 7.43. The van der Waals surface area contributed by atoms with E-state index in [0.29, 0.717) is 30.8 Å². The van der Waals surface area contributed by atoms with Crippen LogP contribution in [0.1, 0.15) is 17.5 Å². The van der Waals surface area contributed by atoms with Crippen molar-refractivity contribution in [1.29, 1.82) is 0 Å². The average molecular weight is 509 g/mol. The molecule has 0 aliphatic carbocycles. The molecular formula is C27H28N2O6S. The Morgan fingerprint density at radius 2 is 1.61 bits per heavy atom. The number of sulfonamides is 1. The Labute approximate surface area is 210 Å². The minimum absolute atomic E-state index is 0.0638. The number of aryl methyl sites for hydroxylation is 1. The molecule has 0 fully saturated rings. The summed E-state index contributed by atoms with van der Waals surface area (Å²) in [4.78, 5) is 26.8. The number of hydrogen-bond donors (Lipinski definition) is 1. The minimum atomic E-state index is -3.63. The quantitative estimate of drug-likeness (QED) is 0.446. The Hall–Kier alpha value is -3.69. The highest BCUT2D eigenvalue weighted by atomic mass is 32.2. The van der Waals surface area contributed by atoms with Gasteiger partial charge in [-0.15, -0.1) is 0 Å². The fourth-order valence-corrected chi connectivity index (χ4v) is 5.04. The Morgan fingerprint density at radius 1 is 0.944 bits per heavy atom. The average Bonchev–Trinajstić information content (AvgIpc) is 2.91. The van der Waals surface area contributed by atoms with E-state index in [0.717, 1.165) is 11.1 Å². The van der Waals surface area contributed by atoms with Gasteiger partial charge in [0, 0.05) is 13.0 Å². The smallest absolute Gasteiger partial charge is 0.348 e. The minimum Gasteiger partial charge on any atom is -0.475 e. The van der Waals surface area contributed by atoms with Gasteiger partial charge >= 0.3 is 5.97 Å². The second-order valence-electron chi connectivity index (χ2n) is 8.38. The van der Waals surface area contributed by atoms with Crippen molar-refractivity contribution in [3.8, 4) is 5.75 Å². The zero-order valence-electron chi connectivity index (χ0n) is 19.9. The van der Waals surface area contributed by atoms with Gasteiger partial charge in [-0.05, 0) is 48.2 Å². The molecule has 0 bridgehead atoms. The maximum Gasteiger partial charge on any atom is 0.348 e. The number of anilines is 1. The van der Waals surface area contributed by atoms with Crippen LogP contribution in [0.3, 0.4) is 0 Å². The van der Waals surface area contributed by atoms with Gasteiger partial charge in [-0.3, -0.25) is 4.79 Å². The summed E-state index contributed by atoms with van der Waals surface area (Å²) < 4.78 is 38.3. The van der Waals surface area contributed by atoms with Crippen LogP contribution in [0.2, 0.25) is 0 Å². The number of para-hydroxylation sites is 2. The molecule has 1 aliphatic rings. The number of nitrogens with zero attached hydrogens (tertiary/aromatic N) is 1. The van der Waals surface area contributed by atoms with Gasteiger partial charge in [-0.1, -0.05) is 54.6 Å². The van der Waals surface area contributed by atoms with Crippen molar-refractivity contribution in [3.63, 3.8) is 0 Å². The van der Waals surface area contributed by atoms with Gasteiger partial charge in [0.25, 0.3) is 0 Å². The van der Waals surface area contributed by atoms with Crippen LogP contribution in [0.25, 0.3) is 0 Å². The van der Waals surface area contributed by atoms with Crippen molar-refractivity contribution in [2.24, 2.45) is 0 Å². The molecule has 0 saturated carbocycles. The zero-order chi connectivity index (χ0) is 25.5. The van der Waals surface area contributed by atoms with E-state index in [1.807, 2.05) is 30.3 Å². The number of benzene rings is 3. The molecule has 8 nitrogen and oxygen atoms in total. The predicted molar refractivity (Wildman–Crippen MR) is 135 cm³/mol. The van der Waals surface area contributed by atoms with Crippen LogP contribution in [0, 0.1) is 0 Å². The molecule has 1 N–H and O–H groups in total. The first-order valence-corrected chi connectivity index (χ1v) is 13.1. The number of esters is 1. The van der Waals surface area contributed by atoms with Crippen LogP contribution < -0.4 is 14.4 Å². The molecule has 36 heavy (non-hydrogen) atoms. The highest BCUT2D eigenvalue weighted by Gasteiger charge is 2.34. The fraction of sp³-hybridized carbons (Fsp3) is 0.259. The lowest BCUT2D eigenvalue weighted by Gasteiger charge is -2.33. The van der Waals surface area contributed by atoms with Gasteiger partial charge in [0.05, 0.1) is 24.2 Å². The molecule has 0 aromatic heterocycles. The van der Waals surface area contributed by atoms with E-state index in [1.165, 1.54) is 12.0 Å². The first-order chi connectivity index (χ1) is 17.4. The molecule has 188 valence electrons. The highest BCUT2D eigenvalue weighted by molar-refractivity contribution is 7.89. The van der Waals surface area contributed by atoms with E-state index in [1.54, 1.807) is 48.5 Å². The summed E-state index contributed by atoms with van der Waals surface area (Å²) in [5, 5.41) is 0. The third-order valence-electron chi connectivity index (χ3n) is 5.95. The van der Waals surface area contributed by atoms with Crippen molar-refractivity contribution >= 4 is 27.6 Å². The van der Waals surface area contributed by atoms with Gasteiger partial charge < -0.3 is 14.4 Å². The number of nitrogens with one attached hydrogen (secondary N) is 1. The fourth-order valence-electron chi connectivity index (χ4n) is 4.00. The first-order valence-electron chi connectivity index (χ1n) is 11.6. The predicted octanol–water partition coefficient (Wildman–Crippen LogP) is 3.11. The summed E-state index contributed by atoms with van der Waals surface area (Å²) in [7, 11) is -2.35. The molecule has 4 rings (SSSR count). The topological polar surface area (TPSA) is 102 Å². The zero-order valence-corrected chi connectivity index (χ0v) is 20.7. The van der Waals surface area contributed by atoms with Crippen LogP contribution in [0.4, 0.5) is 5.69 Å². The molecular weight excluding hydrogens is 480 g/mol. The largest absolute Gasteiger partial charge is 0.475 e. The summed E-state index contributed by atoms with van der Waals surface area (Å²) in [6.07, 6.45) is 0.307. The van der Waals surface area contributed by atoms with E-state index in [2.05, 4.69) is 4.72 Å². The number of carbonyl (C=O) groups excluding carboxylic acids is 2. The Bertz CT molecular complexity index is 1310. The van der Waals surface area contributed by atoms with Gasteiger partial charge in [-0.2, -0.15) is 0 Å². The molecule has 1 heterocycles. The van der Waals surface area contributed by atoms with E-state index in [4.69, 9.17) is 9.47 Å². The summed E-state index contributed by atoms with van der Waals surface area (Å²) in [6, 6.07) is 23.2. The van der Waals surface area contributed by atoms with Crippen molar-refractivity contribution in [1.82, 2.24) is 4.72 Å². The highest BCUT2D eigenvalue weighted by Crippen LogP contribution is 2.34. The normalized spacial score (nSPS) is 15.0. The standard InChI is InChI=1S/C27H28N2O6S/c1-34-27(31)25-19-29(23-9-5-6-10-24(23)35-25)26(30)16-13-21-11-14-22(15-12-21)36(32,33)28-18-17-20-7-3-2-4-8-20/h2-12,14-15,25,28H,13,16-19H2,1H3/t25-/m1/s1.